The molecule has 3 rings (SSSR count). The molecule has 0 aromatic heterocycles. The Morgan fingerprint density at radius 3 is 2.00 bits per heavy atom. The predicted molar refractivity (Wildman–Crippen MR) is 112 cm³/mol. The molecule has 0 atom stereocenters. The van der Waals surface area contributed by atoms with E-state index in [0.29, 0.717) is 0 Å². The lowest BCUT2D eigenvalue weighted by Gasteiger charge is -2.29. The molecule has 0 heterocycles. The molecular weight excluding hydrogens is 323 g/mol. The summed E-state index contributed by atoms with van der Waals surface area (Å²) in [4.78, 5) is 0. The third-order valence-corrected chi connectivity index (χ3v) is 9.43. The van der Waals surface area contributed by atoms with Gasteiger partial charge in [0.05, 0.1) is 0 Å². The van der Waals surface area contributed by atoms with Crippen LogP contribution in [0, 0.1) is 6.92 Å². The molecule has 0 N–H and O–H groups in total. The van der Waals surface area contributed by atoms with Crippen LogP contribution in [0.2, 0.25) is 0 Å². The maximum Gasteiger partial charge on any atom is 0.121 e. The maximum atomic E-state index is 14.2. The fourth-order valence-electron chi connectivity index (χ4n) is 3.84. The van der Waals surface area contributed by atoms with Gasteiger partial charge in [0.15, 0.2) is 0 Å². The third kappa shape index (κ3) is 2.96. The first kappa shape index (κ1) is 18.0. The minimum atomic E-state index is -2.54. The van der Waals surface area contributed by atoms with Gasteiger partial charge < -0.3 is 4.57 Å². The fourth-order valence-corrected chi connectivity index (χ4v) is 7.04. The summed E-state index contributed by atoms with van der Waals surface area (Å²) in [7, 11) is -2.54. The van der Waals surface area contributed by atoms with Gasteiger partial charge in [0.2, 0.25) is 0 Å². The van der Waals surface area contributed by atoms with E-state index in [1.807, 2.05) is 0 Å². The average molecular weight is 350 g/mol. The number of rotatable bonds is 4. The molecule has 130 valence electrons. The number of fused-ring (bicyclic) bond motifs is 1. The molecule has 0 amide bonds. The van der Waals surface area contributed by atoms with Crippen molar-refractivity contribution in [1.82, 2.24) is 0 Å². The Bertz CT molecular complexity index is 941. The zero-order valence-electron chi connectivity index (χ0n) is 15.8. The lowest BCUT2D eigenvalue weighted by Crippen LogP contribution is -2.22. The Morgan fingerprint density at radius 2 is 1.36 bits per heavy atom. The average Bonchev–Trinajstić information content (AvgIpc) is 2.60. The van der Waals surface area contributed by atoms with Crippen molar-refractivity contribution in [3.63, 3.8) is 0 Å². The number of benzene rings is 3. The Hall–Kier alpha value is -1.85. The van der Waals surface area contributed by atoms with E-state index >= 15 is 0 Å². The summed E-state index contributed by atoms with van der Waals surface area (Å²) in [5.74, 6) is 0. The molecular formula is C23H27OP. The maximum absolute atomic E-state index is 14.2. The summed E-state index contributed by atoms with van der Waals surface area (Å²) in [6.45, 7) is 10.5. The smallest absolute Gasteiger partial charge is 0.121 e. The molecule has 2 heteroatoms. The molecule has 0 aliphatic heterocycles. The molecule has 3 aromatic rings. The van der Waals surface area contributed by atoms with E-state index in [1.165, 1.54) is 21.9 Å². The van der Waals surface area contributed by atoms with Gasteiger partial charge in [-0.05, 0) is 28.8 Å². The second kappa shape index (κ2) is 6.81. The van der Waals surface area contributed by atoms with E-state index in [9.17, 15) is 4.57 Å². The van der Waals surface area contributed by atoms with Crippen LogP contribution < -0.4 is 5.30 Å². The van der Waals surface area contributed by atoms with Crippen molar-refractivity contribution in [2.24, 2.45) is 0 Å². The summed E-state index contributed by atoms with van der Waals surface area (Å²) in [6.07, 6.45) is 0. The highest BCUT2D eigenvalue weighted by Crippen LogP contribution is 2.56. The van der Waals surface area contributed by atoms with Crippen molar-refractivity contribution in [2.75, 3.05) is 0 Å². The van der Waals surface area contributed by atoms with Gasteiger partial charge in [-0.15, -0.1) is 0 Å². The second-order valence-corrected chi connectivity index (χ2v) is 11.4. The second-order valence-electron chi connectivity index (χ2n) is 7.39. The van der Waals surface area contributed by atoms with Gasteiger partial charge >= 0.3 is 0 Å². The number of hydrogen-bond acceptors (Lipinski definition) is 1. The molecule has 0 radical (unpaired) electrons. The van der Waals surface area contributed by atoms with Crippen LogP contribution in [0.15, 0.2) is 60.7 Å². The molecule has 1 nitrogen and oxygen atoms in total. The van der Waals surface area contributed by atoms with Gasteiger partial charge in [-0.1, -0.05) is 88.4 Å². The third-order valence-electron chi connectivity index (χ3n) is 5.23. The minimum absolute atomic E-state index is 0.122. The highest BCUT2D eigenvalue weighted by Gasteiger charge is 2.35. The molecule has 3 aromatic carbocycles. The first-order valence-electron chi connectivity index (χ1n) is 9.05. The van der Waals surface area contributed by atoms with Crippen LogP contribution >= 0.6 is 7.14 Å². The van der Waals surface area contributed by atoms with E-state index in [0.717, 1.165) is 10.9 Å². The van der Waals surface area contributed by atoms with E-state index in [-0.39, 0.29) is 11.3 Å². The first-order chi connectivity index (χ1) is 11.9. The summed E-state index contributed by atoms with van der Waals surface area (Å²) in [5, 5.41) is 3.42. The van der Waals surface area contributed by atoms with E-state index < -0.39 is 7.14 Å². The fraction of sp³-hybridized carbons (Fsp3) is 0.304. The van der Waals surface area contributed by atoms with Crippen molar-refractivity contribution in [3.05, 3.63) is 66.2 Å². The molecule has 0 saturated carbocycles. The molecule has 0 bridgehead atoms. The summed E-state index contributed by atoms with van der Waals surface area (Å²) in [6, 6.07) is 21.1. The summed E-state index contributed by atoms with van der Waals surface area (Å²) in [5.41, 5.74) is 3.81. The molecule has 0 saturated heterocycles. The molecule has 0 fully saturated rings. The number of aryl methyl sites for hydroxylation is 1. The van der Waals surface area contributed by atoms with Crippen LogP contribution in [0.25, 0.3) is 21.9 Å². The van der Waals surface area contributed by atoms with Crippen molar-refractivity contribution in [3.8, 4) is 11.1 Å². The van der Waals surface area contributed by atoms with Gasteiger partial charge in [0, 0.05) is 22.2 Å². The van der Waals surface area contributed by atoms with Gasteiger partial charge in [-0.2, -0.15) is 0 Å². The lowest BCUT2D eigenvalue weighted by molar-refractivity contribution is 0.569. The van der Waals surface area contributed by atoms with Crippen LogP contribution in [0.3, 0.4) is 0 Å². The Kier molecular flexibility index (Phi) is 4.89. The topological polar surface area (TPSA) is 17.1 Å². The van der Waals surface area contributed by atoms with Crippen LogP contribution in [0.4, 0.5) is 0 Å². The Balaban J connectivity index is 2.48. The van der Waals surface area contributed by atoms with Gasteiger partial charge in [0.1, 0.15) is 7.14 Å². The zero-order valence-corrected chi connectivity index (χ0v) is 16.7. The zero-order chi connectivity index (χ0) is 18.2. The highest BCUT2D eigenvalue weighted by atomic mass is 31.2. The molecule has 0 aliphatic rings. The van der Waals surface area contributed by atoms with Gasteiger partial charge in [0.25, 0.3) is 0 Å². The van der Waals surface area contributed by atoms with Crippen LogP contribution in [0.1, 0.15) is 33.3 Å². The summed E-state index contributed by atoms with van der Waals surface area (Å²) < 4.78 is 14.2. The predicted octanol–water partition coefficient (Wildman–Crippen LogP) is 6.62. The van der Waals surface area contributed by atoms with Crippen molar-refractivity contribution in [2.45, 2.75) is 45.9 Å². The highest BCUT2D eigenvalue weighted by molar-refractivity contribution is 7.73. The van der Waals surface area contributed by atoms with Crippen LogP contribution in [-0.2, 0) is 4.57 Å². The first-order valence-corrected chi connectivity index (χ1v) is 10.9. The molecule has 25 heavy (non-hydrogen) atoms. The van der Waals surface area contributed by atoms with E-state index in [1.54, 1.807) is 0 Å². The Morgan fingerprint density at radius 1 is 0.760 bits per heavy atom. The largest absolute Gasteiger partial charge is 0.318 e. The van der Waals surface area contributed by atoms with Crippen molar-refractivity contribution in [1.29, 1.82) is 0 Å². The van der Waals surface area contributed by atoms with E-state index in [4.69, 9.17) is 0 Å². The lowest BCUT2D eigenvalue weighted by atomic mass is 9.95. The van der Waals surface area contributed by atoms with Crippen molar-refractivity contribution >= 4 is 23.2 Å². The van der Waals surface area contributed by atoms with Crippen LogP contribution in [0.5, 0.6) is 0 Å². The Labute approximate surface area is 151 Å². The van der Waals surface area contributed by atoms with Gasteiger partial charge in [-0.3, -0.25) is 0 Å². The summed E-state index contributed by atoms with van der Waals surface area (Å²) >= 11 is 0. The molecule has 0 aliphatic carbocycles. The van der Waals surface area contributed by atoms with Crippen LogP contribution in [-0.4, -0.2) is 11.3 Å². The minimum Gasteiger partial charge on any atom is -0.318 e. The SMILES string of the molecule is Cc1ccccc1-c1c(P(=O)(C(C)C)C(C)C)ccc2ccccc12. The van der Waals surface area contributed by atoms with Crippen molar-refractivity contribution < 1.29 is 4.57 Å². The van der Waals surface area contributed by atoms with Gasteiger partial charge in [-0.25, -0.2) is 0 Å². The molecule has 0 spiro atoms. The quantitative estimate of drug-likeness (QED) is 0.483. The van der Waals surface area contributed by atoms with E-state index in [2.05, 4.69) is 95.3 Å². The monoisotopic (exact) mass is 350 g/mol. The molecule has 0 unspecified atom stereocenters. The standard InChI is InChI=1S/C23H27OP/c1-16(2)25(24,17(3)4)22-15-14-19-11-7-9-13-21(19)23(22)20-12-8-6-10-18(20)5/h6-17H,1-5H3. The normalized spacial score (nSPS) is 12.3. The number of hydrogen-bond donors (Lipinski definition) is 0.